The van der Waals surface area contributed by atoms with Gasteiger partial charge in [0.25, 0.3) is 0 Å². The highest BCUT2D eigenvalue weighted by Gasteiger charge is 2.42. The minimum absolute atomic E-state index is 0.0680. The molecule has 0 aromatic heterocycles. The normalized spacial score (nSPS) is 20.7. The van der Waals surface area contributed by atoms with Gasteiger partial charge in [0.05, 0.1) is 31.1 Å². The second-order valence-corrected chi connectivity index (χ2v) is 8.70. The number of rotatable bonds is 6. The van der Waals surface area contributed by atoms with Crippen molar-refractivity contribution in [1.29, 1.82) is 0 Å². The van der Waals surface area contributed by atoms with Crippen molar-refractivity contribution in [2.45, 2.75) is 48.7 Å². The smallest absolute Gasteiger partial charge is 0.370 e. The molecule has 1 amide bonds. The van der Waals surface area contributed by atoms with Crippen LogP contribution < -0.4 is 10.2 Å². The molecule has 2 N–H and O–H groups in total. The van der Waals surface area contributed by atoms with Crippen molar-refractivity contribution in [3.05, 3.63) is 29.8 Å². The summed E-state index contributed by atoms with van der Waals surface area (Å²) in [5.41, 5.74) is -0.617. The van der Waals surface area contributed by atoms with Gasteiger partial charge in [-0.1, -0.05) is 12.5 Å². The Hall–Kier alpha value is -1.25. The third kappa shape index (κ3) is 5.64. The Kier molecular flexibility index (Phi) is 7.28. The Morgan fingerprint density at radius 3 is 2.57 bits per heavy atom. The largest absolute Gasteiger partial charge is 0.416 e. The lowest BCUT2D eigenvalue weighted by Crippen LogP contribution is -3.23. The molecule has 0 unspecified atom stereocenters. The van der Waals surface area contributed by atoms with Crippen LogP contribution >= 0.6 is 11.8 Å². The van der Waals surface area contributed by atoms with Crippen LogP contribution in [0.25, 0.3) is 0 Å². The molecule has 0 atom stereocenters. The third-order valence-electron chi connectivity index (χ3n) is 5.81. The molecule has 1 saturated carbocycles. The Labute approximate surface area is 168 Å². The van der Waals surface area contributed by atoms with E-state index in [0.717, 1.165) is 63.0 Å². The molecule has 28 heavy (non-hydrogen) atoms. The number of morpholine rings is 1. The number of hydrogen-bond donors (Lipinski definition) is 2. The number of carbonyl (C=O) groups is 1. The molecule has 8 heteroatoms. The number of nitrogens with one attached hydrogen (secondary N) is 2. The molecule has 1 aromatic rings. The zero-order chi connectivity index (χ0) is 20.0. The van der Waals surface area contributed by atoms with E-state index in [1.54, 1.807) is 6.07 Å². The predicted octanol–water partition coefficient (Wildman–Crippen LogP) is 2.53. The molecule has 156 valence electrons. The molecular weight excluding hydrogens is 389 g/mol. The van der Waals surface area contributed by atoms with Gasteiger partial charge >= 0.3 is 6.18 Å². The fraction of sp³-hybridized carbons (Fsp3) is 0.650. The molecule has 3 rings (SSSR count). The van der Waals surface area contributed by atoms with Crippen LogP contribution in [0.2, 0.25) is 0 Å². The van der Waals surface area contributed by atoms with Crippen molar-refractivity contribution < 1.29 is 27.6 Å². The van der Waals surface area contributed by atoms with Gasteiger partial charge in [-0.15, -0.1) is 11.8 Å². The Bertz CT molecular complexity index is 657. The molecule has 1 heterocycles. The number of benzene rings is 1. The van der Waals surface area contributed by atoms with E-state index in [2.05, 4.69) is 5.32 Å². The maximum Gasteiger partial charge on any atom is 0.416 e. The summed E-state index contributed by atoms with van der Waals surface area (Å²) in [5.74, 6) is -0.00411. The van der Waals surface area contributed by atoms with E-state index in [4.69, 9.17) is 4.74 Å². The SMILES string of the molecule is O=C(CSc1cccc(C(F)(F)F)c1)NCC1([NH+]2CCOCC2)CCCCC1. The molecule has 0 radical (unpaired) electrons. The first-order chi connectivity index (χ1) is 13.4. The number of halogens is 3. The average Bonchev–Trinajstić information content (AvgIpc) is 2.72. The summed E-state index contributed by atoms with van der Waals surface area (Å²) in [6.07, 6.45) is 1.43. The van der Waals surface area contributed by atoms with Crippen LogP contribution in [0.4, 0.5) is 13.2 Å². The van der Waals surface area contributed by atoms with E-state index in [-0.39, 0.29) is 17.2 Å². The molecule has 0 bridgehead atoms. The van der Waals surface area contributed by atoms with Gasteiger partial charge in [-0.2, -0.15) is 13.2 Å². The fourth-order valence-electron chi connectivity index (χ4n) is 4.26. The average molecular weight is 418 g/mol. The van der Waals surface area contributed by atoms with Gasteiger partial charge in [-0.25, -0.2) is 0 Å². The highest BCUT2D eigenvalue weighted by Crippen LogP contribution is 2.32. The fourth-order valence-corrected chi connectivity index (χ4v) is 5.05. The molecule has 1 aliphatic heterocycles. The molecule has 1 aromatic carbocycles. The van der Waals surface area contributed by atoms with Crippen molar-refractivity contribution in [3.8, 4) is 0 Å². The molecule has 1 saturated heterocycles. The van der Waals surface area contributed by atoms with E-state index < -0.39 is 11.7 Å². The minimum Gasteiger partial charge on any atom is -0.370 e. The molecule has 0 spiro atoms. The van der Waals surface area contributed by atoms with Gasteiger partial charge in [-0.3, -0.25) is 4.79 Å². The topological polar surface area (TPSA) is 42.8 Å². The van der Waals surface area contributed by atoms with Gasteiger partial charge in [0, 0.05) is 17.7 Å². The molecule has 2 aliphatic rings. The standard InChI is InChI=1S/C20H27F3N2O2S/c21-20(22,23)16-5-4-6-17(13-16)28-14-18(26)24-15-19(7-2-1-3-8-19)25-9-11-27-12-10-25/h4-6,13H,1-3,7-12,14-15H2,(H,24,26)/p+1. The monoisotopic (exact) mass is 417 g/mol. The molecule has 4 nitrogen and oxygen atoms in total. The van der Waals surface area contributed by atoms with E-state index >= 15 is 0 Å². The molecule has 2 fully saturated rings. The van der Waals surface area contributed by atoms with E-state index in [9.17, 15) is 18.0 Å². The summed E-state index contributed by atoms with van der Waals surface area (Å²) in [5, 5.41) is 3.06. The first kappa shape index (κ1) is 21.5. The maximum atomic E-state index is 12.8. The number of carbonyl (C=O) groups excluding carboxylic acids is 1. The van der Waals surface area contributed by atoms with E-state index in [1.165, 1.54) is 30.2 Å². The lowest BCUT2D eigenvalue weighted by molar-refractivity contribution is -0.960. The van der Waals surface area contributed by atoms with Crippen LogP contribution in [0.3, 0.4) is 0 Å². The number of amides is 1. The van der Waals surface area contributed by atoms with Gasteiger partial charge in [0.2, 0.25) is 5.91 Å². The second-order valence-electron chi connectivity index (χ2n) is 7.65. The maximum absolute atomic E-state index is 12.8. The van der Waals surface area contributed by atoms with Crippen LogP contribution in [0.1, 0.15) is 37.7 Å². The van der Waals surface area contributed by atoms with Crippen LogP contribution in [-0.2, 0) is 15.7 Å². The summed E-state index contributed by atoms with van der Waals surface area (Å²) in [7, 11) is 0. The number of thioether (sulfide) groups is 1. The van der Waals surface area contributed by atoms with Gasteiger partial charge in [0.1, 0.15) is 18.6 Å². The van der Waals surface area contributed by atoms with Crippen LogP contribution in [-0.4, -0.2) is 50.0 Å². The molecular formula is C20H28F3N2O2S+. The highest BCUT2D eigenvalue weighted by molar-refractivity contribution is 8.00. The van der Waals surface area contributed by atoms with Crippen LogP contribution in [0, 0.1) is 0 Å². The lowest BCUT2D eigenvalue weighted by atomic mass is 9.79. The van der Waals surface area contributed by atoms with Crippen molar-refractivity contribution in [3.63, 3.8) is 0 Å². The summed E-state index contributed by atoms with van der Waals surface area (Å²) in [6.45, 7) is 4.08. The zero-order valence-electron chi connectivity index (χ0n) is 15.9. The number of alkyl halides is 3. The highest BCUT2D eigenvalue weighted by atomic mass is 32.2. The van der Waals surface area contributed by atoms with E-state index in [0.29, 0.717) is 11.4 Å². The first-order valence-electron chi connectivity index (χ1n) is 9.89. The number of hydrogen-bond acceptors (Lipinski definition) is 3. The quantitative estimate of drug-likeness (QED) is 0.699. The Morgan fingerprint density at radius 1 is 1.18 bits per heavy atom. The summed E-state index contributed by atoms with van der Waals surface area (Å²) < 4.78 is 43.9. The van der Waals surface area contributed by atoms with Crippen molar-refractivity contribution in [2.24, 2.45) is 0 Å². The van der Waals surface area contributed by atoms with E-state index in [1.807, 2.05) is 0 Å². The number of quaternary nitrogens is 1. The Balaban J connectivity index is 1.53. The lowest BCUT2D eigenvalue weighted by Gasteiger charge is -2.45. The third-order valence-corrected chi connectivity index (χ3v) is 6.81. The summed E-state index contributed by atoms with van der Waals surface area (Å²) in [4.78, 5) is 14.4. The van der Waals surface area contributed by atoms with Crippen LogP contribution in [0.15, 0.2) is 29.2 Å². The number of ether oxygens (including phenoxy) is 1. The van der Waals surface area contributed by atoms with Gasteiger partial charge in [-0.05, 0) is 31.0 Å². The van der Waals surface area contributed by atoms with Gasteiger partial charge < -0.3 is 15.0 Å². The predicted molar refractivity (Wildman–Crippen MR) is 103 cm³/mol. The van der Waals surface area contributed by atoms with Crippen LogP contribution in [0.5, 0.6) is 0 Å². The van der Waals surface area contributed by atoms with Gasteiger partial charge in [0.15, 0.2) is 0 Å². The summed E-state index contributed by atoms with van der Waals surface area (Å²) in [6, 6.07) is 5.12. The first-order valence-corrected chi connectivity index (χ1v) is 10.9. The van der Waals surface area contributed by atoms with Crippen molar-refractivity contribution in [2.75, 3.05) is 38.6 Å². The van der Waals surface area contributed by atoms with Crippen molar-refractivity contribution >= 4 is 17.7 Å². The Morgan fingerprint density at radius 2 is 1.89 bits per heavy atom. The second kappa shape index (κ2) is 9.50. The summed E-state index contributed by atoms with van der Waals surface area (Å²) >= 11 is 1.14. The minimum atomic E-state index is -4.37. The van der Waals surface area contributed by atoms with Crippen molar-refractivity contribution in [1.82, 2.24) is 5.32 Å². The molecule has 1 aliphatic carbocycles. The zero-order valence-corrected chi connectivity index (χ0v) is 16.8.